The summed E-state index contributed by atoms with van der Waals surface area (Å²) in [6, 6.07) is 20.3. The van der Waals surface area contributed by atoms with Crippen LogP contribution >= 0.6 is 0 Å². The monoisotopic (exact) mass is 391 g/mol. The lowest BCUT2D eigenvalue weighted by molar-refractivity contribution is -0.127. The standard InChI is InChI=1S/C23H25N3O3/c1-16-9-10-17(2)26(16)25-23(28)20-11-13-21(14-12-20)29-18(3)22(27)24-15-19-7-5-4-6-8-19/h4-14,18H,15H2,1-3H3,(H,24,27)(H,25,28)/t18-/m1/s1. The number of ether oxygens (including phenoxy) is 1. The van der Waals surface area contributed by atoms with Gasteiger partial charge in [0.2, 0.25) is 0 Å². The average molecular weight is 391 g/mol. The van der Waals surface area contributed by atoms with Gasteiger partial charge in [0.15, 0.2) is 6.10 Å². The molecule has 2 aromatic carbocycles. The summed E-state index contributed by atoms with van der Waals surface area (Å²) in [5.41, 5.74) is 6.29. The zero-order valence-corrected chi connectivity index (χ0v) is 16.8. The maximum Gasteiger partial charge on any atom is 0.270 e. The molecular weight excluding hydrogens is 366 g/mol. The summed E-state index contributed by atoms with van der Waals surface area (Å²) >= 11 is 0. The molecule has 0 saturated carbocycles. The molecule has 29 heavy (non-hydrogen) atoms. The van der Waals surface area contributed by atoms with Crippen LogP contribution < -0.4 is 15.5 Å². The molecule has 0 aliphatic carbocycles. The van der Waals surface area contributed by atoms with Crippen LogP contribution in [0.1, 0.15) is 34.2 Å². The summed E-state index contributed by atoms with van der Waals surface area (Å²) in [6.07, 6.45) is -0.649. The lowest BCUT2D eigenvalue weighted by Gasteiger charge is -2.15. The number of nitrogens with zero attached hydrogens (tertiary/aromatic N) is 1. The number of nitrogens with one attached hydrogen (secondary N) is 2. The van der Waals surface area contributed by atoms with E-state index in [1.165, 1.54) is 0 Å². The molecule has 2 amide bonds. The smallest absolute Gasteiger partial charge is 0.270 e. The van der Waals surface area contributed by atoms with Gasteiger partial charge in [0.05, 0.1) is 0 Å². The van der Waals surface area contributed by atoms with Crippen molar-refractivity contribution in [2.24, 2.45) is 0 Å². The topological polar surface area (TPSA) is 72.4 Å². The molecule has 6 nitrogen and oxygen atoms in total. The van der Waals surface area contributed by atoms with E-state index in [0.717, 1.165) is 17.0 Å². The van der Waals surface area contributed by atoms with Crippen LogP contribution in [-0.2, 0) is 11.3 Å². The van der Waals surface area contributed by atoms with Crippen molar-refractivity contribution in [2.75, 3.05) is 5.43 Å². The molecule has 0 spiro atoms. The number of hydrogen-bond acceptors (Lipinski definition) is 3. The number of amides is 2. The summed E-state index contributed by atoms with van der Waals surface area (Å²) in [7, 11) is 0. The Morgan fingerprint density at radius 3 is 2.17 bits per heavy atom. The second-order valence-corrected chi connectivity index (χ2v) is 6.88. The number of carbonyl (C=O) groups excluding carboxylic acids is 2. The molecule has 3 aromatic rings. The maximum atomic E-state index is 12.4. The second-order valence-electron chi connectivity index (χ2n) is 6.88. The number of rotatable bonds is 7. The molecule has 1 aromatic heterocycles. The van der Waals surface area contributed by atoms with Crippen LogP contribution in [0.25, 0.3) is 0 Å². The van der Waals surface area contributed by atoms with Gasteiger partial charge in [0, 0.05) is 23.5 Å². The van der Waals surface area contributed by atoms with Gasteiger partial charge in [-0.1, -0.05) is 30.3 Å². The summed E-state index contributed by atoms with van der Waals surface area (Å²) in [4.78, 5) is 24.7. The Hall–Kier alpha value is -3.54. The van der Waals surface area contributed by atoms with Crippen LogP contribution in [0.5, 0.6) is 5.75 Å². The number of carbonyl (C=O) groups is 2. The summed E-state index contributed by atoms with van der Waals surface area (Å²) < 4.78 is 7.44. The fraction of sp³-hybridized carbons (Fsp3) is 0.217. The van der Waals surface area contributed by atoms with Crippen molar-refractivity contribution in [3.05, 3.63) is 89.2 Å². The van der Waals surface area contributed by atoms with E-state index in [9.17, 15) is 9.59 Å². The number of benzene rings is 2. The molecule has 1 atom stereocenters. The zero-order chi connectivity index (χ0) is 20.8. The molecular formula is C23H25N3O3. The van der Waals surface area contributed by atoms with E-state index in [1.807, 2.05) is 56.3 Å². The molecule has 150 valence electrons. The van der Waals surface area contributed by atoms with Crippen molar-refractivity contribution >= 4 is 11.8 Å². The third-order valence-corrected chi connectivity index (χ3v) is 4.59. The van der Waals surface area contributed by atoms with Crippen LogP contribution in [0.2, 0.25) is 0 Å². The number of aryl methyl sites for hydroxylation is 2. The minimum Gasteiger partial charge on any atom is -0.481 e. The third-order valence-electron chi connectivity index (χ3n) is 4.59. The van der Waals surface area contributed by atoms with Crippen molar-refractivity contribution < 1.29 is 14.3 Å². The van der Waals surface area contributed by atoms with E-state index in [4.69, 9.17) is 4.74 Å². The van der Waals surface area contributed by atoms with Crippen molar-refractivity contribution in [1.29, 1.82) is 0 Å². The van der Waals surface area contributed by atoms with Gasteiger partial charge in [0.25, 0.3) is 11.8 Å². The predicted molar refractivity (Wildman–Crippen MR) is 112 cm³/mol. The maximum absolute atomic E-state index is 12.4. The molecule has 3 rings (SSSR count). The first kappa shape index (κ1) is 20.2. The summed E-state index contributed by atoms with van der Waals surface area (Å²) in [5.74, 6) is 0.110. The second kappa shape index (κ2) is 9.10. The highest BCUT2D eigenvalue weighted by atomic mass is 16.5. The first-order valence-corrected chi connectivity index (χ1v) is 9.48. The first-order chi connectivity index (χ1) is 13.9. The van der Waals surface area contributed by atoms with Gasteiger partial charge in [-0.3, -0.25) is 19.7 Å². The average Bonchev–Trinajstić information content (AvgIpc) is 3.05. The van der Waals surface area contributed by atoms with Crippen molar-refractivity contribution in [3.8, 4) is 5.75 Å². The Balaban J connectivity index is 1.54. The van der Waals surface area contributed by atoms with E-state index < -0.39 is 6.10 Å². The quantitative estimate of drug-likeness (QED) is 0.647. The normalized spacial score (nSPS) is 11.6. The fourth-order valence-electron chi connectivity index (χ4n) is 2.88. The van der Waals surface area contributed by atoms with Crippen LogP contribution in [0.15, 0.2) is 66.7 Å². The highest BCUT2D eigenvalue weighted by Gasteiger charge is 2.15. The van der Waals surface area contributed by atoms with Gasteiger partial charge in [-0.25, -0.2) is 0 Å². The van der Waals surface area contributed by atoms with E-state index >= 15 is 0 Å². The minimum absolute atomic E-state index is 0.200. The highest BCUT2D eigenvalue weighted by molar-refractivity contribution is 6.00. The lowest BCUT2D eigenvalue weighted by Crippen LogP contribution is -2.35. The van der Waals surface area contributed by atoms with Gasteiger partial charge in [-0.05, 0) is 62.7 Å². The SMILES string of the molecule is Cc1ccc(C)n1NC(=O)c1ccc(O[C@H](C)C(=O)NCc2ccccc2)cc1. The van der Waals surface area contributed by atoms with Crippen molar-refractivity contribution in [2.45, 2.75) is 33.4 Å². The van der Waals surface area contributed by atoms with E-state index in [1.54, 1.807) is 35.9 Å². The molecule has 0 aliphatic rings. The Morgan fingerprint density at radius 1 is 0.931 bits per heavy atom. The molecule has 2 N–H and O–H groups in total. The van der Waals surface area contributed by atoms with Crippen LogP contribution in [0.4, 0.5) is 0 Å². The molecule has 6 heteroatoms. The Bertz CT molecular complexity index is 959. The van der Waals surface area contributed by atoms with E-state index in [-0.39, 0.29) is 11.8 Å². The lowest BCUT2D eigenvalue weighted by atomic mass is 10.2. The summed E-state index contributed by atoms with van der Waals surface area (Å²) in [6.45, 7) is 5.99. The number of hydrogen-bond donors (Lipinski definition) is 2. The molecule has 0 bridgehead atoms. The Labute approximate surface area is 170 Å². The van der Waals surface area contributed by atoms with Crippen molar-refractivity contribution in [1.82, 2.24) is 9.99 Å². The third kappa shape index (κ3) is 5.25. The van der Waals surface area contributed by atoms with Gasteiger partial charge in [-0.15, -0.1) is 0 Å². The molecule has 0 unspecified atom stereocenters. The fourth-order valence-corrected chi connectivity index (χ4v) is 2.88. The molecule has 0 saturated heterocycles. The largest absolute Gasteiger partial charge is 0.481 e. The summed E-state index contributed by atoms with van der Waals surface area (Å²) in [5, 5.41) is 2.85. The number of aromatic nitrogens is 1. The van der Waals surface area contributed by atoms with Crippen molar-refractivity contribution in [3.63, 3.8) is 0 Å². The highest BCUT2D eigenvalue weighted by Crippen LogP contribution is 2.15. The Morgan fingerprint density at radius 2 is 1.55 bits per heavy atom. The Kier molecular flexibility index (Phi) is 6.34. The van der Waals surface area contributed by atoms with Gasteiger partial charge in [0.1, 0.15) is 5.75 Å². The molecule has 1 heterocycles. The predicted octanol–water partition coefficient (Wildman–Crippen LogP) is 3.57. The van der Waals surface area contributed by atoms with Gasteiger partial charge in [-0.2, -0.15) is 0 Å². The minimum atomic E-state index is -0.649. The van der Waals surface area contributed by atoms with Crippen LogP contribution in [0, 0.1) is 13.8 Å². The van der Waals surface area contributed by atoms with Crippen LogP contribution in [0.3, 0.4) is 0 Å². The first-order valence-electron chi connectivity index (χ1n) is 9.48. The molecule has 0 fully saturated rings. The molecule has 0 radical (unpaired) electrons. The van der Waals surface area contributed by atoms with E-state index in [0.29, 0.717) is 17.9 Å². The molecule has 0 aliphatic heterocycles. The van der Waals surface area contributed by atoms with Gasteiger partial charge < -0.3 is 10.1 Å². The van der Waals surface area contributed by atoms with Crippen LogP contribution in [-0.4, -0.2) is 22.6 Å². The zero-order valence-electron chi connectivity index (χ0n) is 16.8. The van der Waals surface area contributed by atoms with Gasteiger partial charge >= 0.3 is 0 Å². The van der Waals surface area contributed by atoms with E-state index in [2.05, 4.69) is 10.7 Å².